The van der Waals surface area contributed by atoms with E-state index in [0.29, 0.717) is 75.2 Å². The van der Waals surface area contributed by atoms with Gasteiger partial charge in [0.15, 0.2) is 0 Å². The smallest absolute Gasteiger partial charge is 0.410 e. The van der Waals surface area contributed by atoms with Crippen LogP contribution in [0.1, 0.15) is 68.3 Å². The second-order valence-corrected chi connectivity index (χ2v) is 13.5. The molecule has 14 nitrogen and oxygen atoms in total. The molecule has 2 fully saturated rings. The number of carboxylic acids is 1. The fourth-order valence-electron chi connectivity index (χ4n) is 6.95. The van der Waals surface area contributed by atoms with E-state index in [1.54, 1.807) is 53.6 Å². The first-order chi connectivity index (χ1) is 25.4. The minimum absolute atomic E-state index is 0. The number of nitrogens with two attached hydrogens (primary N) is 1. The van der Waals surface area contributed by atoms with Gasteiger partial charge in [-0.1, -0.05) is 18.6 Å². The molecule has 1 saturated carbocycles. The van der Waals surface area contributed by atoms with Gasteiger partial charge in [-0.25, -0.2) is 14.0 Å². The Morgan fingerprint density at radius 2 is 1.72 bits per heavy atom. The van der Waals surface area contributed by atoms with E-state index >= 15 is 4.39 Å². The number of halogens is 2. The van der Waals surface area contributed by atoms with Crippen molar-refractivity contribution in [2.75, 3.05) is 49.5 Å². The molecule has 0 radical (unpaired) electrons. The molecule has 54 heavy (non-hydrogen) atoms. The van der Waals surface area contributed by atoms with Crippen molar-refractivity contribution in [3.8, 4) is 0 Å². The third-order valence-corrected chi connectivity index (χ3v) is 10.3. The minimum Gasteiger partial charge on any atom is -0.477 e. The van der Waals surface area contributed by atoms with E-state index in [2.05, 4.69) is 10.6 Å². The Morgan fingerprint density at radius 3 is 2.30 bits per heavy atom. The van der Waals surface area contributed by atoms with Gasteiger partial charge in [-0.15, -0.1) is 12.4 Å². The Labute approximate surface area is 318 Å². The molecule has 1 atom stereocenters. The van der Waals surface area contributed by atoms with Crippen molar-refractivity contribution in [1.82, 2.24) is 14.8 Å². The molecule has 0 spiro atoms. The topological polar surface area (TPSA) is 193 Å². The maximum Gasteiger partial charge on any atom is 0.410 e. The highest BCUT2D eigenvalue weighted by Gasteiger charge is 2.50. The highest BCUT2D eigenvalue weighted by molar-refractivity contribution is 6.08. The average Bonchev–Trinajstić information content (AvgIpc) is 3.12. The van der Waals surface area contributed by atoms with E-state index in [4.69, 9.17) is 10.5 Å². The van der Waals surface area contributed by atoms with Crippen molar-refractivity contribution in [1.29, 1.82) is 0 Å². The van der Waals surface area contributed by atoms with Crippen LogP contribution in [0.2, 0.25) is 0 Å². The summed E-state index contributed by atoms with van der Waals surface area (Å²) in [6.07, 6.45) is 3.41. The maximum atomic E-state index is 15.3. The first-order valence-corrected chi connectivity index (χ1v) is 18.1. The number of Topliss-reactive ketones (excluding diaryl/α,β-unsaturated/α-hetero) is 1. The predicted octanol–water partition coefficient (Wildman–Crippen LogP) is 4.30. The molecule has 5 N–H and O–H groups in total. The molecule has 5 rings (SSSR count). The van der Waals surface area contributed by atoms with Crippen molar-refractivity contribution in [2.45, 2.75) is 65.5 Å². The number of aryl methyl sites for hydroxylation is 1. The standard InChI is InChI=1S/C38H47FN6O8.ClH/c1-3-41-36(51)38(12-6-13-38)32(46)19-25(7-5-14-40)34(48)42-26-10-8-24(9-11-26)23-53-37(52)45-17-15-44(16-18-45)31-21-30-27(20-29(31)39)33(47)28(35(49)50)22-43(30)4-2;/h8-11,20-22,25H,3-7,12-19,23,40H2,1-2H3,(H,41,51)(H,42,48)(H,49,50);1H/t25-;/m1./s1. The van der Waals surface area contributed by atoms with Gasteiger partial charge in [0.25, 0.3) is 0 Å². The number of ketones is 1. The molecule has 2 aromatic carbocycles. The molecule has 3 aromatic rings. The van der Waals surface area contributed by atoms with Crippen LogP contribution in [0.3, 0.4) is 0 Å². The third kappa shape index (κ3) is 9.01. The number of carboxylic acid groups (broad SMARTS) is 1. The first-order valence-electron chi connectivity index (χ1n) is 18.1. The van der Waals surface area contributed by atoms with Gasteiger partial charge < -0.3 is 40.6 Å². The third-order valence-electron chi connectivity index (χ3n) is 10.3. The van der Waals surface area contributed by atoms with Gasteiger partial charge in [-0.2, -0.15) is 0 Å². The van der Waals surface area contributed by atoms with E-state index in [0.717, 1.165) is 12.5 Å². The number of carbonyl (C=O) groups is 5. The molecule has 1 aromatic heterocycles. The number of hydrogen-bond acceptors (Lipinski definition) is 9. The van der Waals surface area contributed by atoms with Crippen molar-refractivity contribution in [3.63, 3.8) is 0 Å². The summed E-state index contributed by atoms with van der Waals surface area (Å²) in [6, 6.07) is 9.42. The Balaban J connectivity index is 0.00000650. The van der Waals surface area contributed by atoms with E-state index in [1.165, 1.54) is 11.1 Å². The van der Waals surface area contributed by atoms with Gasteiger partial charge in [-0.05, 0) is 75.9 Å². The van der Waals surface area contributed by atoms with Crippen LogP contribution in [0.5, 0.6) is 0 Å². The predicted molar refractivity (Wildman–Crippen MR) is 203 cm³/mol. The number of piperazine rings is 1. The van der Waals surface area contributed by atoms with E-state index < -0.39 is 40.2 Å². The summed E-state index contributed by atoms with van der Waals surface area (Å²) in [5.41, 5.74) is 5.33. The molecule has 2 aliphatic rings. The number of nitrogens with one attached hydrogen (secondary N) is 2. The molecule has 16 heteroatoms. The van der Waals surface area contributed by atoms with Crippen LogP contribution in [-0.2, 0) is 32.3 Å². The zero-order valence-electron chi connectivity index (χ0n) is 30.5. The number of fused-ring (bicyclic) bond motifs is 1. The largest absolute Gasteiger partial charge is 0.477 e. The summed E-state index contributed by atoms with van der Waals surface area (Å²) >= 11 is 0. The number of benzene rings is 2. The number of pyridine rings is 1. The summed E-state index contributed by atoms with van der Waals surface area (Å²) in [5.74, 6) is -3.48. The van der Waals surface area contributed by atoms with Crippen molar-refractivity contribution in [2.24, 2.45) is 17.1 Å². The average molecular weight is 771 g/mol. The fourth-order valence-corrected chi connectivity index (χ4v) is 6.95. The molecule has 1 aliphatic heterocycles. The summed E-state index contributed by atoms with van der Waals surface area (Å²) in [4.78, 5) is 79.7. The lowest BCUT2D eigenvalue weighted by molar-refractivity contribution is -0.149. The lowest BCUT2D eigenvalue weighted by Gasteiger charge is -2.39. The maximum absolute atomic E-state index is 15.3. The molecule has 0 bridgehead atoms. The van der Waals surface area contributed by atoms with Crippen molar-refractivity contribution in [3.05, 3.63) is 69.8 Å². The van der Waals surface area contributed by atoms with Crippen LogP contribution in [0, 0.1) is 17.2 Å². The van der Waals surface area contributed by atoms with Gasteiger partial charge in [0, 0.05) is 68.9 Å². The van der Waals surface area contributed by atoms with Gasteiger partial charge in [0.05, 0.1) is 11.2 Å². The van der Waals surface area contributed by atoms with Gasteiger partial charge in [0.1, 0.15) is 29.2 Å². The molecule has 0 unspecified atom stereocenters. The molecule has 1 saturated heterocycles. The highest BCUT2D eigenvalue weighted by Crippen LogP contribution is 2.44. The number of ether oxygens (including phenoxy) is 1. The second-order valence-electron chi connectivity index (χ2n) is 13.5. The number of aromatic carboxylic acids is 1. The number of hydrogen-bond donors (Lipinski definition) is 4. The van der Waals surface area contributed by atoms with Crippen LogP contribution in [0.15, 0.2) is 47.4 Å². The van der Waals surface area contributed by atoms with E-state index in [9.17, 15) is 33.9 Å². The Kier molecular flexibility index (Phi) is 14.2. The molecule has 3 amide bonds. The highest BCUT2D eigenvalue weighted by atomic mass is 35.5. The van der Waals surface area contributed by atoms with Crippen LogP contribution in [-0.4, -0.2) is 83.5 Å². The Hall–Kier alpha value is -5.02. The lowest BCUT2D eigenvalue weighted by Crippen LogP contribution is -2.51. The summed E-state index contributed by atoms with van der Waals surface area (Å²) in [7, 11) is 0. The van der Waals surface area contributed by atoms with Crippen molar-refractivity contribution < 1.29 is 38.2 Å². The number of anilines is 2. The van der Waals surface area contributed by atoms with Crippen LogP contribution < -0.4 is 26.7 Å². The van der Waals surface area contributed by atoms with Crippen LogP contribution in [0.25, 0.3) is 10.9 Å². The number of carbonyl (C=O) groups excluding carboxylic acids is 4. The zero-order chi connectivity index (χ0) is 38.3. The second kappa shape index (κ2) is 18.3. The Bertz CT molecular complexity index is 1930. The van der Waals surface area contributed by atoms with E-state index in [1.807, 2.05) is 0 Å². The van der Waals surface area contributed by atoms with Crippen LogP contribution in [0.4, 0.5) is 20.6 Å². The zero-order valence-corrected chi connectivity index (χ0v) is 31.3. The molecular weight excluding hydrogens is 723 g/mol. The lowest BCUT2D eigenvalue weighted by atomic mass is 9.63. The summed E-state index contributed by atoms with van der Waals surface area (Å²) < 4.78 is 22.4. The van der Waals surface area contributed by atoms with Gasteiger partial charge >= 0.3 is 12.1 Å². The van der Waals surface area contributed by atoms with E-state index in [-0.39, 0.29) is 67.2 Å². The summed E-state index contributed by atoms with van der Waals surface area (Å²) in [6.45, 7) is 5.89. The molecule has 1 aliphatic carbocycles. The molecular formula is C38H48ClFN6O8. The quantitative estimate of drug-likeness (QED) is 0.162. The first kappa shape index (κ1) is 41.7. The number of aromatic nitrogens is 1. The Morgan fingerprint density at radius 1 is 1.04 bits per heavy atom. The SMILES string of the molecule is CCNC(=O)C1(C(=O)C[C@@H](CCCN)C(=O)Nc2ccc(COC(=O)N3CCN(c4cc5c(cc4F)c(=O)c(C(=O)O)cn5CC)CC3)cc2)CCC1.Cl. The number of nitrogens with zero attached hydrogens (tertiary/aromatic N) is 3. The summed E-state index contributed by atoms with van der Waals surface area (Å²) in [5, 5.41) is 15.0. The monoisotopic (exact) mass is 770 g/mol. The molecule has 292 valence electrons. The van der Waals surface area contributed by atoms with Gasteiger partial charge in [-0.3, -0.25) is 19.2 Å². The normalized spacial score (nSPS) is 15.4. The fraction of sp³-hybridized carbons (Fsp3) is 0.474. The van der Waals surface area contributed by atoms with Crippen molar-refractivity contribution >= 4 is 64.3 Å². The van der Waals surface area contributed by atoms with Gasteiger partial charge in [0.2, 0.25) is 17.2 Å². The molecule has 2 heterocycles. The number of amides is 3. The number of rotatable bonds is 15. The van der Waals surface area contributed by atoms with Crippen LogP contribution >= 0.6 is 12.4 Å². The minimum atomic E-state index is -1.38.